The van der Waals surface area contributed by atoms with Gasteiger partial charge in [0, 0.05) is 18.9 Å². The van der Waals surface area contributed by atoms with Crippen molar-refractivity contribution in [2.75, 3.05) is 13.2 Å². The Morgan fingerprint density at radius 1 is 0.917 bits per heavy atom. The Balaban J connectivity index is 1.24. The van der Waals surface area contributed by atoms with Crippen LogP contribution in [0, 0.1) is 0 Å². The van der Waals surface area contributed by atoms with Gasteiger partial charge in [0.15, 0.2) is 12.4 Å². The maximum atomic E-state index is 13.1. The number of carboxylic acid groups (broad SMARTS) is 1. The van der Waals surface area contributed by atoms with Gasteiger partial charge in [-0.3, -0.25) is 0 Å². The monoisotopic (exact) mass is 487 g/mol. The molecule has 186 valence electrons. The van der Waals surface area contributed by atoms with Gasteiger partial charge in [0.1, 0.15) is 6.61 Å². The molecular weight excluding hydrogens is 458 g/mol. The molecule has 1 unspecified atom stereocenters. The molecule has 0 aromatic heterocycles. The molecule has 1 aliphatic carbocycles. The van der Waals surface area contributed by atoms with Crippen molar-refractivity contribution >= 4 is 12.1 Å². The molecular formula is C29H29NO6. The van der Waals surface area contributed by atoms with E-state index in [4.69, 9.17) is 9.47 Å². The summed E-state index contributed by atoms with van der Waals surface area (Å²) in [5, 5.41) is 20.4. The van der Waals surface area contributed by atoms with Gasteiger partial charge in [-0.2, -0.15) is 0 Å². The number of fused-ring (bicyclic) bond motifs is 3. The van der Waals surface area contributed by atoms with Crippen LogP contribution in [0.4, 0.5) is 4.79 Å². The number of aliphatic carboxylic acids is 1. The van der Waals surface area contributed by atoms with Crippen LogP contribution in [0.2, 0.25) is 0 Å². The number of aliphatic hydroxyl groups is 1. The molecule has 1 heterocycles. The number of hydrogen-bond acceptors (Lipinski definition) is 5. The van der Waals surface area contributed by atoms with E-state index in [2.05, 4.69) is 24.3 Å². The number of ether oxygens (including phenoxy) is 2. The maximum absolute atomic E-state index is 13.1. The molecule has 2 N–H and O–H groups in total. The summed E-state index contributed by atoms with van der Waals surface area (Å²) in [5.74, 6) is -1.23. The van der Waals surface area contributed by atoms with Crippen molar-refractivity contribution in [1.29, 1.82) is 0 Å². The minimum atomic E-state index is -1.43. The van der Waals surface area contributed by atoms with Crippen LogP contribution >= 0.6 is 0 Å². The van der Waals surface area contributed by atoms with E-state index >= 15 is 0 Å². The molecule has 1 fully saturated rings. The zero-order chi connectivity index (χ0) is 25.1. The van der Waals surface area contributed by atoms with E-state index in [1.807, 2.05) is 54.6 Å². The van der Waals surface area contributed by atoms with Gasteiger partial charge < -0.3 is 24.6 Å². The first-order valence-electron chi connectivity index (χ1n) is 12.2. The third-order valence-corrected chi connectivity index (χ3v) is 7.04. The number of amides is 1. The summed E-state index contributed by atoms with van der Waals surface area (Å²) in [6.45, 7) is 0.594. The van der Waals surface area contributed by atoms with Crippen LogP contribution in [0.15, 0.2) is 78.9 Å². The van der Waals surface area contributed by atoms with Gasteiger partial charge in [-0.05, 0) is 40.7 Å². The summed E-state index contributed by atoms with van der Waals surface area (Å²) >= 11 is 0. The van der Waals surface area contributed by atoms with E-state index in [1.54, 1.807) is 0 Å². The fourth-order valence-corrected chi connectivity index (χ4v) is 5.27. The fraction of sp³-hybridized carbons (Fsp3) is 0.310. The Hall–Kier alpha value is -3.68. The van der Waals surface area contributed by atoms with Crippen LogP contribution in [0.5, 0.6) is 0 Å². The van der Waals surface area contributed by atoms with E-state index in [1.165, 1.54) is 4.90 Å². The van der Waals surface area contributed by atoms with Crippen molar-refractivity contribution in [3.8, 4) is 11.1 Å². The zero-order valence-corrected chi connectivity index (χ0v) is 19.8. The quantitative estimate of drug-likeness (QED) is 0.457. The lowest BCUT2D eigenvalue weighted by Crippen LogP contribution is -2.46. The minimum Gasteiger partial charge on any atom is -0.479 e. The summed E-state index contributed by atoms with van der Waals surface area (Å²) in [4.78, 5) is 26.3. The van der Waals surface area contributed by atoms with E-state index in [-0.39, 0.29) is 18.9 Å². The van der Waals surface area contributed by atoms with Crippen LogP contribution in [-0.2, 0) is 20.7 Å². The lowest BCUT2D eigenvalue weighted by atomic mass is 9.98. The Labute approximate surface area is 209 Å². The zero-order valence-electron chi connectivity index (χ0n) is 19.8. The van der Waals surface area contributed by atoms with Gasteiger partial charge in [0.25, 0.3) is 0 Å². The number of aliphatic hydroxyl groups excluding tert-OH is 1. The molecule has 2 aliphatic rings. The number of hydrogen-bond donors (Lipinski definition) is 2. The standard InChI is InChI=1S/C29H29NO6/c31-27(32)26(17-19-9-2-1-3-10-19)36-28(33)25-15-8-16-30(25)29(34)35-18-24-22-13-6-4-11-20(22)21-12-5-7-14-23(21)24/h1-7,9-14,24-26,28,33H,8,15-18H2,(H,31,32)/t25-,26-,28?/m0/s1. The lowest BCUT2D eigenvalue weighted by Gasteiger charge is -2.30. The second-order valence-electron chi connectivity index (χ2n) is 9.25. The van der Waals surface area contributed by atoms with Crippen LogP contribution < -0.4 is 0 Å². The Morgan fingerprint density at radius 3 is 2.17 bits per heavy atom. The Morgan fingerprint density at radius 2 is 1.53 bits per heavy atom. The number of likely N-dealkylation sites (tertiary alicyclic amines) is 1. The summed E-state index contributed by atoms with van der Waals surface area (Å²) in [6.07, 6.45) is -1.90. The van der Waals surface area contributed by atoms with Crippen LogP contribution in [0.3, 0.4) is 0 Å². The van der Waals surface area contributed by atoms with Crippen molar-refractivity contribution in [3.05, 3.63) is 95.6 Å². The van der Waals surface area contributed by atoms with E-state index in [0.717, 1.165) is 27.8 Å². The highest BCUT2D eigenvalue weighted by atomic mass is 16.6. The third kappa shape index (κ3) is 4.85. The molecule has 3 atom stereocenters. The molecule has 1 amide bonds. The van der Waals surface area contributed by atoms with Crippen molar-refractivity contribution in [1.82, 2.24) is 4.90 Å². The van der Waals surface area contributed by atoms with Gasteiger partial charge in [0.2, 0.25) is 0 Å². The number of benzene rings is 3. The van der Waals surface area contributed by atoms with Gasteiger partial charge in [0.05, 0.1) is 6.04 Å². The smallest absolute Gasteiger partial charge is 0.410 e. The van der Waals surface area contributed by atoms with Crippen molar-refractivity contribution < 1.29 is 29.3 Å². The number of carbonyl (C=O) groups is 2. The van der Waals surface area contributed by atoms with Crippen LogP contribution in [0.1, 0.15) is 35.4 Å². The molecule has 7 nitrogen and oxygen atoms in total. The molecule has 5 rings (SSSR count). The molecule has 0 bridgehead atoms. The first-order valence-corrected chi connectivity index (χ1v) is 12.2. The lowest BCUT2D eigenvalue weighted by molar-refractivity contribution is -0.186. The van der Waals surface area contributed by atoms with E-state index < -0.39 is 30.5 Å². The average molecular weight is 488 g/mol. The molecule has 3 aromatic rings. The third-order valence-electron chi connectivity index (χ3n) is 7.04. The number of nitrogens with zero attached hydrogens (tertiary/aromatic N) is 1. The van der Waals surface area contributed by atoms with Gasteiger partial charge in [-0.1, -0.05) is 78.9 Å². The highest BCUT2D eigenvalue weighted by molar-refractivity contribution is 5.79. The molecule has 1 aliphatic heterocycles. The molecule has 36 heavy (non-hydrogen) atoms. The summed E-state index contributed by atoms with van der Waals surface area (Å²) < 4.78 is 11.3. The minimum absolute atomic E-state index is 0.0640. The van der Waals surface area contributed by atoms with E-state index in [0.29, 0.717) is 19.4 Å². The number of carbonyl (C=O) groups excluding carboxylic acids is 1. The second-order valence-corrected chi connectivity index (χ2v) is 9.25. The first-order chi connectivity index (χ1) is 17.5. The summed E-state index contributed by atoms with van der Waals surface area (Å²) in [6, 6.07) is 24.7. The van der Waals surface area contributed by atoms with Gasteiger partial charge in [-0.15, -0.1) is 0 Å². The Bertz CT molecular complexity index is 1180. The molecule has 0 radical (unpaired) electrons. The molecule has 1 saturated heterocycles. The molecule has 7 heteroatoms. The Kier molecular flexibility index (Phi) is 7.02. The van der Waals surface area contributed by atoms with Gasteiger partial charge in [-0.25, -0.2) is 9.59 Å². The maximum Gasteiger partial charge on any atom is 0.410 e. The normalized spacial score (nSPS) is 18.4. The summed E-state index contributed by atoms with van der Waals surface area (Å²) in [5.41, 5.74) is 5.33. The largest absolute Gasteiger partial charge is 0.479 e. The number of carboxylic acids is 1. The highest BCUT2D eigenvalue weighted by Crippen LogP contribution is 2.44. The molecule has 0 saturated carbocycles. The van der Waals surface area contributed by atoms with Gasteiger partial charge >= 0.3 is 12.1 Å². The molecule has 3 aromatic carbocycles. The van der Waals surface area contributed by atoms with Crippen molar-refractivity contribution in [2.45, 2.75) is 43.6 Å². The van der Waals surface area contributed by atoms with Crippen LogP contribution in [0.25, 0.3) is 11.1 Å². The summed E-state index contributed by atoms with van der Waals surface area (Å²) in [7, 11) is 0. The van der Waals surface area contributed by atoms with Crippen molar-refractivity contribution in [2.24, 2.45) is 0 Å². The van der Waals surface area contributed by atoms with Crippen molar-refractivity contribution in [3.63, 3.8) is 0 Å². The topological polar surface area (TPSA) is 96.3 Å². The average Bonchev–Trinajstić information content (AvgIpc) is 3.51. The fourth-order valence-electron chi connectivity index (χ4n) is 5.27. The second kappa shape index (κ2) is 10.5. The first kappa shape index (κ1) is 24.0. The predicted molar refractivity (Wildman–Crippen MR) is 133 cm³/mol. The molecule has 0 spiro atoms. The highest BCUT2D eigenvalue weighted by Gasteiger charge is 2.38. The number of rotatable bonds is 8. The predicted octanol–water partition coefficient (Wildman–Crippen LogP) is 4.43. The SMILES string of the molecule is O=C(O)[C@H](Cc1ccccc1)OC(O)[C@@H]1CCCN1C(=O)OCC1c2ccccc2-c2ccccc21. The van der Waals surface area contributed by atoms with E-state index in [9.17, 15) is 19.8 Å². The van der Waals surface area contributed by atoms with Crippen LogP contribution in [-0.4, -0.2) is 58.8 Å².